The van der Waals surface area contributed by atoms with E-state index in [1.165, 1.54) is 30.6 Å². The van der Waals surface area contributed by atoms with Gasteiger partial charge in [-0.2, -0.15) is 0 Å². The highest BCUT2D eigenvalue weighted by molar-refractivity contribution is 5.79. The third-order valence-corrected chi connectivity index (χ3v) is 8.61. The Morgan fingerprint density at radius 3 is 2.79 bits per heavy atom. The normalized spacial score (nSPS) is 38.6. The largest absolute Gasteiger partial charge is 0.497 e. The standard InChI is InChI=1S/C23H32N2O3/c1-5-22-9-6-11-25-12-10-23(21(22)25)17-8-7-15(27-3)13-18(17)24(2)19(23)16(14-22)20(26)28-4/h7-8,13,16,19,21H,5-6,9-12,14H2,1-4H3/t16-,19-,21-,22-,23-/m0/s1. The first kappa shape index (κ1) is 18.3. The van der Waals surface area contributed by atoms with Gasteiger partial charge >= 0.3 is 5.97 Å². The number of methoxy groups -OCH3 is 2. The molecule has 5 rings (SSSR count). The number of carbonyl (C=O) groups excluding carboxylic acids is 1. The Morgan fingerprint density at radius 1 is 1.25 bits per heavy atom. The average Bonchev–Trinajstić information content (AvgIpc) is 3.24. The predicted molar refractivity (Wildman–Crippen MR) is 109 cm³/mol. The Kier molecular flexibility index (Phi) is 4.00. The minimum atomic E-state index is -0.0809. The van der Waals surface area contributed by atoms with Crippen LogP contribution in [0.5, 0.6) is 5.75 Å². The van der Waals surface area contributed by atoms with E-state index < -0.39 is 0 Å². The van der Waals surface area contributed by atoms with Crippen molar-refractivity contribution in [2.24, 2.45) is 11.3 Å². The van der Waals surface area contributed by atoms with E-state index in [0.29, 0.717) is 6.04 Å². The average molecular weight is 385 g/mol. The lowest BCUT2D eigenvalue weighted by Gasteiger charge is -2.60. The lowest BCUT2D eigenvalue weighted by atomic mass is 9.49. The highest BCUT2D eigenvalue weighted by atomic mass is 16.5. The summed E-state index contributed by atoms with van der Waals surface area (Å²) in [6, 6.07) is 7.22. The number of rotatable bonds is 3. The molecule has 3 heterocycles. The van der Waals surface area contributed by atoms with Crippen LogP contribution in [0.2, 0.25) is 0 Å². The minimum Gasteiger partial charge on any atom is -0.497 e. The van der Waals surface area contributed by atoms with Crippen LogP contribution in [0.3, 0.4) is 0 Å². The Bertz CT molecular complexity index is 811. The molecule has 2 saturated heterocycles. The lowest BCUT2D eigenvalue weighted by Crippen LogP contribution is -2.68. The molecule has 5 heteroatoms. The number of likely N-dealkylation sites (N-methyl/N-ethyl adjacent to an activating group) is 1. The molecule has 3 aliphatic heterocycles. The summed E-state index contributed by atoms with van der Waals surface area (Å²) in [7, 11) is 5.44. The molecule has 5 nitrogen and oxygen atoms in total. The number of ether oxygens (including phenoxy) is 2. The molecule has 1 aromatic rings. The van der Waals surface area contributed by atoms with E-state index in [-0.39, 0.29) is 28.8 Å². The Morgan fingerprint density at radius 2 is 2.07 bits per heavy atom. The van der Waals surface area contributed by atoms with Gasteiger partial charge in [0.05, 0.1) is 26.2 Å². The Hall–Kier alpha value is -1.75. The zero-order valence-electron chi connectivity index (χ0n) is 17.5. The molecule has 3 fully saturated rings. The second-order valence-electron chi connectivity index (χ2n) is 9.32. The molecule has 0 unspecified atom stereocenters. The summed E-state index contributed by atoms with van der Waals surface area (Å²) in [5, 5.41) is 0. The van der Waals surface area contributed by atoms with Crippen LogP contribution in [-0.2, 0) is 14.9 Å². The van der Waals surface area contributed by atoms with Crippen molar-refractivity contribution in [3.63, 3.8) is 0 Å². The molecule has 1 saturated carbocycles. The van der Waals surface area contributed by atoms with E-state index in [1.807, 2.05) is 0 Å². The molecule has 1 aromatic carbocycles. The number of nitrogens with zero attached hydrogens (tertiary/aromatic N) is 2. The van der Waals surface area contributed by atoms with E-state index >= 15 is 0 Å². The van der Waals surface area contributed by atoms with E-state index in [1.54, 1.807) is 14.2 Å². The quantitative estimate of drug-likeness (QED) is 0.749. The van der Waals surface area contributed by atoms with Crippen LogP contribution >= 0.6 is 0 Å². The number of hydrogen-bond acceptors (Lipinski definition) is 5. The topological polar surface area (TPSA) is 42.0 Å². The van der Waals surface area contributed by atoms with E-state index in [2.05, 4.69) is 42.0 Å². The smallest absolute Gasteiger partial charge is 0.310 e. The van der Waals surface area contributed by atoms with Crippen molar-refractivity contribution in [1.82, 2.24) is 4.90 Å². The van der Waals surface area contributed by atoms with Gasteiger partial charge in [0.15, 0.2) is 0 Å². The summed E-state index contributed by atoms with van der Waals surface area (Å²) < 4.78 is 10.9. The SMILES string of the molecule is CC[C@]12CCCN3CC[C@@]4(c5ccc(OC)cc5N(C)[C@H]4[C@@H](C(=O)OC)C1)[C@@H]32. The van der Waals surface area contributed by atoms with E-state index in [0.717, 1.165) is 31.6 Å². The third-order valence-electron chi connectivity index (χ3n) is 8.61. The van der Waals surface area contributed by atoms with Crippen molar-refractivity contribution in [1.29, 1.82) is 0 Å². The molecule has 1 aliphatic carbocycles. The lowest BCUT2D eigenvalue weighted by molar-refractivity contribution is -0.154. The van der Waals surface area contributed by atoms with Gasteiger partial charge in [0, 0.05) is 30.3 Å². The predicted octanol–water partition coefficient (Wildman–Crippen LogP) is 3.21. The highest BCUT2D eigenvalue weighted by Crippen LogP contribution is 2.66. The number of hydrogen-bond donors (Lipinski definition) is 0. The number of esters is 1. The first-order chi connectivity index (χ1) is 13.5. The first-order valence-corrected chi connectivity index (χ1v) is 10.8. The van der Waals surface area contributed by atoms with Crippen molar-refractivity contribution in [2.75, 3.05) is 39.3 Å². The summed E-state index contributed by atoms with van der Waals surface area (Å²) in [5.74, 6) is 0.768. The molecule has 0 aromatic heterocycles. The van der Waals surface area contributed by atoms with Gasteiger partial charge in [0.25, 0.3) is 0 Å². The van der Waals surface area contributed by atoms with Crippen LogP contribution < -0.4 is 9.64 Å². The van der Waals surface area contributed by atoms with Crippen LogP contribution in [0.1, 0.15) is 44.6 Å². The van der Waals surface area contributed by atoms with Gasteiger partial charge in [-0.1, -0.05) is 13.0 Å². The van der Waals surface area contributed by atoms with Crippen LogP contribution in [0.25, 0.3) is 0 Å². The van der Waals surface area contributed by atoms with Gasteiger partial charge in [-0.05, 0) is 62.2 Å². The van der Waals surface area contributed by atoms with Crippen molar-refractivity contribution >= 4 is 11.7 Å². The van der Waals surface area contributed by atoms with Crippen molar-refractivity contribution in [2.45, 2.75) is 56.5 Å². The number of anilines is 1. The van der Waals surface area contributed by atoms with Crippen LogP contribution in [0, 0.1) is 11.3 Å². The molecule has 0 radical (unpaired) electrons. The summed E-state index contributed by atoms with van der Waals surface area (Å²) in [6.45, 7) is 4.66. The maximum Gasteiger partial charge on any atom is 0.310 e. The molecule has 1 spiro atoms. The fourth-order valence-corrected chi connectivity index (χ4v) is 7.71. The van der Waals surface area contributed by atoms with Gasteiger partial charge < -0.3 is 14.4 Å². The maximum atomic E-state index is 13.0. The summed E-state index contributed by atoms with van der Waals surface area (Å²) >= 11 is 0. The number of fused-ring (bicyclic) bond motifs is 1. The van der Waals surface area contributed by atoms with Crippen molar-refractivity contribution in [3.8, 4) is 5.75 Å². The van der Waals surface area contributed by atoms with Gasteiger partial charge in [0.2, 0.25) is 0 Å². The minimum absolute atomic E-state index is 0.00386. The van der Waals surface area contributed by atoms with Gasteiger partial charge in [-0.3, -0.25) is 9.69 Å². The molecule has 28 heavy (non-hydrogen) atoms. The zero-order chi connectivity index (χ0) is 19.7. The Labute approximate surface area is 168 Å². The third kappa shape index (κ3) is 2.04. The Balaban J connectivity index is 1.75. The fourth-order valence-electron chi connectivity index (χ4n) is 7.71. The molecular formula is C23H32N2O3. The fraction of sp³-hybridized carbons (Fsp3) is 0.696. The maximum absolute atomic E-state index is 13.0. The highest BCUT2D eigenvalue weighted by Gasteiger charge is 2.70. The van der Waals surface area contributed by atoms with Crippen LogP contribution in [0.4, 0.5) is 5.69 Å². The first-order valence-electron chi connectivity index (χ1n) is 10.8. The van der Waals surface area contributed by atoms with Crippen LogP contribution in [-0.4, -0.2) is 57.3 Å². The molecule has 0 amide bonds. The summed E-state index contributed by atoms with van der Waals surface area (Å²) in [5.41, 5.74) is 2.86. The van der Waals surface area contributed by atoms with E-state index in [9.17, 15) is 4.79 Å². The molecule has 152 valence electrons. The van der Waals surface area contributed by atoms with E-state index in [4.69, 9.17) is 9.47 Å². The summed E-state index contributed by atoms with van der Waals surface area (Å²) in [6.07, 6.45) is 5.66. The molecule has 0 bridgehead atoms. The monoisotopic (exact) mass is 384 g/mol. The molecule has 4 aliphatic rings. The molecule has 0 N–H and O–H groups in total. The zero-order valence-corrected chi connectivity index (χ0v) is 17.5. The number of benzene rings is 1. The van der Waals surface area contributed by atoms with Gasteiger partial charge in [0.1, 0.15) is 5.75 Å². The van der Waals surface area contributed by atoms with Crippen LogP contribution in [0.15, 0.2) is 18.2 Å². The molecular weight excluding hydrogens is 352 g/mol. The summed E-state index contributed by atoms with van der Waals surface area (Å²) in [4.78, 5) is 18.2. The second-order valence-corrected chi connectivity index (χ2v) is 9.32. The number of carbonyl (C=O) groups is 1. The second kappa shape index (κ2) is 6.12. The van der Waals surface area contributed by atoms with Crippen molar-refractivity contribution < 1.29 is 14.3 Å². The van der Waals surface area contributed by atoms with Gasteiger partial charge in [-0.25, -0.2) is 0 Å². The van der Waals surface area contributed by atoms with Crippen molar-refractivity contribution in [3.05, 3.63) is 23.8 Å². The molecule has 5 atom stereocenters. The van der Waals surface area contributed by atoms with Gasteiger partial charge in [-0.15, -0.1) is 0 Å². The number of piperidine rings is 1.